The smallest absolute Gasteiger partial charge is 0.259 e. The van der Waals surface area contributed by atoms with Gasteiger partial charge in [-0.3, -0.25) is 10.2 Å². The molecule has 2 saturated heterocycles. The van der Waals surface area contributed by atoms with Gasteiger partial charge >= 0.3 is 0 Å². The molecule has 2 fully saturated rings. The van der Waals surface area contributed by atoms with Crippen molar-refractivity contribution in [1.82, 2.24) is 14.9 Å². The zero-order valence-electron chi connectivity index (χ0n) is 19.0. The molecule has 1 aromatic carbocycles. The lowest BCUT2D eigenvalue weighted by Gasteiger charge is -2.25. The number of aryl methyl sites for hydroxylation is 1. The van der Waals surface area contributed by atoms with E-state index in [2.05, 4.69) is 20.4 Å². The number of nitrogens with one attached hydrogen (secondary N) is 2. The minimum absolute atomic E-state index is 0.0340. The Morgan fingerprint density at radius 1 is 1.27 bits per heavy atom. The van der Waals surface area contributed by atoms with Gasteiger partial charge in [-0.05, 0) is 39.0 Å². The summed E-state index contributed by atoms with van der Waals surface area (Å²) in [4.78, 5) is 26.4. The molecule has 9 nitrogen and oxygen atoms in total. The van der Waals surface area contributed by atoms with Gasteiger partial charge in [-0.2, -0.15) is 5.10 Å². The third-order valence-electron chi connectivity index (χ3n) is 6.12. The number of aromatic nitrogens is 2. The van der Waals surface area contributed by atoms with Crippen molar-refractivity contribution in [2.75, 3.05) is 36.5 Å². The number of fused-ring (bicyclic) bond motifs is 1. The molecule has 2 aliphatic heterocycles. The van der Waals surface area contributed by atoms with Crippen LogP contribution in [-0.4, -0.2) is 59.4 Å². The largest absolute Gasteiger partial charge is 0.340 e. The van der Waals surface area contributed by atoms with E-state index < -0.39 is 11.4 Å². The van der Waals surface area contributed by atoms with Crippen LogP contribution in [0, 0.1) is 30.0 Å². The van der Waals surface area contributed by atoms with Crippen LogP contribution in [0.2, 0.25) is 0 Å². The zero-order valence-corrected chi connectivity index (χ0v) is 19.0. The summed E-state index contributed by atoms with van der Waals surface area (Å²) in [6.07, 6.45) is 2.22. The average molecular weight is 453 g/mol. The van der Waals surface area contributed by atoms with Gasteiger partial charge in [-0.15, -0.1) is 0 Å². The molecule has 33 heavy (non-hydrogen) atoms. The first kappa shape index (κ1) is 22.8. The van der Waals surface area contributed by atoms with Gasteiger partial charge in [0.2, 0.25) is 5.95 Å². The Hall–Kier alpha value is -3.40. The minimum Gasteiger partial charge on any atom is -0.340 e. The van der Waals surface area contributed by atoms with Crippen LogP contribution in [-0.2, 0) is 5.54 Å². The van der Waals surface area contributed by atoms with Crippen molar-refractivity contribution in [3.63, 3.8) is 0 Å². The van der Waals surface area contributed by atoms with Gasteiger partial charge in [0, 0.05) is 49.9 Å². The van der Waals surface area contributed by atoms with Crippen molar-refractivity contribution in [1.29, 1.82) is 5.41 Å². The highest BCUT2D eigenvalue weighted by atomic mass is 19.1. The Kier molecular flexibility index (Phi) is 6.11. The molecule has 0 spiro atoms. The zero-order chi connectivity index (χ0) is 23.8. The van der Waals surface area contributed by atoms with E-state index in [1.165, 1.54) is 18.3 Å². The maximum Gasteiger partial charge on any atom is 0.259 e. The van der Waals surface area contributed by atoms with Crippen molar-refractivity contribution in [2.45, 2.75) is 26.3 Å². The van der Waals surface area contributed by atoms with Crippen molar-refractivity contribution in [3.05, 3.63) is 47.0 Å². The molecule has 1 amide bonds. The third-order valence-corrected chi connectivity index (χ3v) is 6.12. The second-order valence-electron chi connectivity index (χ2n) is 9.27. The predicted octanol–water partition coefficient (Wildman–Crippen LogP) is 2.37. The molecular weight excluding hydrogens is 423 g/mol. The molecule has 1 aromatic heterocycles. The summed E-state index contributed by atoms with van der Waals surface area (Å²) in [6, 6.07) is 6.29. The number of carbonyl (C=O) groups excluding carboxylic acids is 1. The van der Waals surface area contributed by atoms with Crippen molar-refractivity contribution < 1.29 is 9.18 Å². The predicted molar refractivity (Wildman–Crippen MR) is 126 cm³/mol. The summed E-state index contributed by atoms with van der Waals surface area (Å²) in [5.41, 5.74) is 10.3. The number of nitrogens with two attached hydrogens (primary N) is 1. The van der Waals surface area contributed by atoms with E-state index in [4.69, 9.17) is 16.1 Å². The van der Waals surface area contributed by atoms with E-state index >= 15 is 0 Å². The van der Waals surface area contributed by atoms with Crippen molar-refractivity contribution in [2.24, 2.45) is 22.7 Å². The molecule has 2 atom stereocenters. The first-order valence-corrected chi connectivity index (χ1v) is 10.9. The lowest BCUT2D eigenvalue weighted by molar-refractivity contribution is 0.0779. The fourth-order valence-corrected chi connectivity index (χ4v) is 4.48. The molecule has 4 rings (SSSR count). The van der Waals surface area contributed by atoms with Crippen LogP contribution >= 0.6 is 0 Å². The van der Waals surface area contributed by atoms with Crippen LogP contribution in [0.15, 0.2) is 29.4 Å². The van der Waals surface area contributed by atoms with Gasteiger partial charge in [0.1, 0.15) is 11.4 Å². The van der Waals surface area contributed by atoms with E-state index in [9.17, 15) is 9.18 Å². The molecule has 0 radical (unpaired) electrons. The fraction of sp³-hybridized carbons (Fsp3) is 0.435. The van der Waals surface area contributed by atoms with E-state index in [1.54, 1.807) is 11.0 Å². The van der Waals surface area contributed by atoms with Crippen LogP contribution in [0.3, 0.4) is 0 Å². The third kappa shape index (κ3) is 4.70. The number of hydrogen-bond donors (Lipinski definition) is 3. The molecule has 2 aromatic rings. The van der Waals surface area contributed by atoms with Crippen LogP contribution in [0.5, 0.6) is 0 Å². The molecule has 2 aliphatic rings. The first-order chi connectivity index (χ1) is 15.7. The lowest BCUT2D eigenvalue weighted by Crippen LogP contribution is -2.35. The highest BCUT2D eigenvalue weighted by molar-refractivity contribution is 6.14. The van der Waals surface area contributed by atoms with Gasteiger partial charge in [-0.1, -0.05) is 6.07 Å². The second-order valence-corrected chi connectivity index (χ2v) is 9.27. The quantitative estimate of drug-likeness (QED) is 0.457. The second kappa shape index (κ2) is 8.86. The molecule has 0 aliphatic carbocycles. The molecular formula is C23H29FN8O. The lowest BCUT2D eigenvalue weighted by atomic mass is 10.0. The Balaban J connectivity index is 1.48. The summed E-state index contributed by atoms with van der Waals surface area (Å²) in [7, 11) is 0. The highest BCUT2D eigenvalue weighted by Crippen LogP contribution is 2.35. The number of hydrogen-bond acceptors (Lipinski definition) is 8. The first-order valence-electron chi connectivity index (χ1n) is 10.9. The molecule has 2 unspecified atom stereocenters. The SMILES string of the molecule is Cc1cc(C(C)(C)N)nc(N2CC3CN(C(=O)c4c(F)cccc4N/N=C\C=N)CC3C2)n1. The van der Waals surface area contributed by atoms with Crippen molar-refractivity contribution in [3.8, 4) is 0 Å². The number of nitrogens with zero attached hydrogens (tertiary/aromatic N) is 5. The molecule has 3 heterocycles. The minimum atomic E-state index is -0.598. The molecule has 10 heteroatoms. The van der Waals surface area contributed by atoms with E-state index in [-0.39, 0.29) is 29.0 Å². The highest BCUT2D eigenvalue weighted by Gasteiger charge is 2.43. The number of halogens is 1. The number of likely N-dealkylation sites (tertiary alicyclic amines) is 1. The molecule has 0 bridgehead atoms. The topological polar surface area (TPSA) is 124 Å². The monoisotopic (exact) mass is 452 g/mol. The summed E-state index contributed by atoms with van der Waals surface area (Å²) in [5, 5.41) is 10.8. The summed E-state index contributed by atoms with van der Waals surface area (Å²) >= 11 is 0. The van der Waals surface area contributed by atoms with E-state index in [0.717, 1.165) is 30.7 Å². The van der Waals surface area contributed by atoms with Gasteiger partial charge < -0.3 is 20.9 Å². The number of rotatable bonds is 6. The van der Waals surface area contributed by atoms with Gasteiger partial charge in [-0.25, -0.2) is 14.4 Å². The summed E-state index contributed by atoms with van der Waals surface area (Å²) in [6.45, 7) is 8.32. The van der Waals surface area contributed by atoms with Crippen LogP contribution in [0.4, 0.5) is 16.0 Å². The van der Waals surface area contributed by atoms with E-state index in [1.807, 2.05) is 26.8 Å². The van der Waals surface area contributed by atoms with Gasteiger partial charge in [0.25, 0.3) is 5.91 Å². The molecule has 0 saturated carbocycles. The number of anilines is 2. The number of amides is 1. The van der Waals surface area contributed by atoms with Crippen LogP contribution in [0.1, 0.15) is 35.6 Å². The van der Waals surface area contributed by atoms with Crippen LogP contribution in [0.25, 0.3) is 0 Å². The maximum absolute atomic E-state index is 14.6. The normalized spacial score (nSPS) is 20.4. The van der Waals surface area contributed by atoms with Gasteiger partial charge in [0.15, 0.2) is 0 Å². The molecule has 174 valence electrons. The summed E-state index contributed by atoms with van der Waals surface area (Å²) < 4.78 is 14.6. The fourth-order valence-electron chi connectivity index (χ4n) is 4.48. The Morgan fingerprint density at radius 3 is 2.61 bits per heavy atom. The summed E-state index contributed by atoms with van der Waals surface area (Å²) in [5.74, 6) is 0.220. The Morgan fingerprint density at radius 2 is 1.97 bits per heavy atom. The number of benzene rings is 1. The number of hydrazone groups is 1. The maximum atomic E-state index is 14.6. The standard InChI is InChI=1S/C23H29FN8O/c1-14-9-19(23(2,3)26)29-22(28-14)32-12-15-10-31(11-16(15)13-32)21(33)20-17(24)5-4-6-18(20)30-27-8-7-25/h4-9,15-16,25,30H,10-13,26H2,1-3H3/b25-7?,27-8-. The Bertz CT molecular complexity index is 1080. The van der Waals surface area contributed by atoms with Crippen LogP contribution < -0.4 is 16.1 Å². The van der Waals surface area contributed by atoms with Gasteiger partial charge in [0.05, 0.1) is 23.1 Å². The Labute approximate surface area is 192 Å². The number of carbonyl (C=O) groups is 1. The molecule has 4 N–H and O–H groups in total. The van der Waals surface area contributed by atoms with E-state index in [0.29, 0.717) is 19.0 Å². The average Bonchev–Trinajstić information content (AvgIpc) is 3.32. The van der Waals surface area contributed by atoms with Crippen molar-refractivity contribution >= 4 is 30.0 Å².